The van der Waals surface area contributed by atoms with Crippen molar-refractivity contribution in [3.8, 4) is 0 Å². The summed E-state index contributed by atoms with van der Waals surface area (Å²) in [6, 6.07) is 9.31. The van der Waals surface area contributed by atoms with E-state index in [4.69, 9.17) is 0 Å². The molecule has 0 aromatic heterocycles. The summed E-state index contributed by atoms with van der Waals surface area (Å²) in [4.78, 5) is 0. The van der Waals surface area contributed by atoms with E-state index in [1.54, 1.807) is 0 Å². The normalized spacial score (nSPS) is 13.5. The quantitative estimate of drug-likeness (QED) is 0.783. The summed E-state index contributed by atoms with van der Waals surface area (Å²) >= 11 is 0. The molecule has 0 fully saturated rings. The highest BCUT2D eigenvalue weighted by Crippen LogP contribution is 2.11. The fourth-order valence-corrected chi connectivity index (χ4v) is 1.88. The van der Waals surface area contributed by atoms with E-state index in [0.717, 1.165) is 18.9 Å². The molecular weight excluding hydrogens is 206 g/mol. The first-order valence-corrected chi connectivity index (χ1v) is 6.62. The first kappa shape index (κ1) is 14.0. The van der Waals surface area contributed by atoms with Gasteiger partial charge in [-0.05, 0) is 36.9 Å². The summed E-state index contributed by atoms with van der Waals surface area (Å²) in [5.41, 5.74) is 2.71. The van der Waals surface area contributed by atoms with Gasteiger partial charge < -0.3 is 5.32 Å². The molecule has 1 rings (SSSR count). The zero-order valence-corrected chi connectivity index (χ0v) is 11.5. The maximum absolute atomic E-state index is 3.37. The molecule has 94 valence electrons. The highest BCUT2D eigenvalue weighted by molar-refractivity contribution is 5.50. The average molecular weight is 231 g/mol. The lowest BCUT2D eigenvalue weighted by Crippen LogP contribution is -2.22. The van der Waals surface area contributed by atoms with E-state index in [9.17, 15) is 0 Å². The van der Waals surface area contributed by atoms with Crippen LogP contribution < -0.4 is 5.32 Å². The second-order valence-electron chi connectivity index (χ2n) is 5.05. The summed E-state index contributed by atoms with van der Waals surface area (Å²) in [5, 5.41) is 3.37. The molecule has 0 aliphatic rings. The Bertz CT molecular complexity index is 335. The smallest absolute Gasteiger partial charge is 0.0224 e. The van der Waals surface area contributed by atoms with Gasteiger partial charge in [0.25, 0.3) is 0 Å². The van der Waals surface area contributed by atoms with E-state index in [0.29, 0.717) is 6.04 Å². The summed E-state index contributed by atoms with van der Waals surface area (Å²) in [5.74, 6) is 0.727. The fraction of sp³-hybridized carbons (Fsp3) is 0.500. The molecule has 0 aliphatic heterocycles. The molecule has 1 aromatic rings. The second kappa shape index (κ2) is 7.29. The van der Waals surface area contributed by atoms with Gasteiger partial charge in [-0.25, -0.2) is 0 Å². The Kier molecular flexibility index (Phi) is 5.99. The fourth-order valence-electron chi connectivity index (χ4n) is 1.88. The first-order valence-electron chi connectivity index (χ1n) is 6.62. The summed E-state index contributed by atoms with van der Waals surface area (Å²) < 4.78 is 0. The van der Waals surface area contributed by atoms with Crippen molar-refractivity contribution in [1.82, 2.24) is 5.32 Å². The molecule has 1 aromatic carbocycles. The molecule has 0 amide bonds. The molecule has 1 nitrogen and oxygen atoms in total. The van der Waals surface area contributed by atoms with E-state index in [1.165, 1.54) is 11.1 Å². The van der Waals surface area contributed by atoms with Crippen LogP contribution in [0, 0.1) is 5.92 Å². The maximum Gasteiger partial charge on any atom is 0.0224 e. The monoisotopic (exact) mass is 231 g/mol. The summed E-state index contributed by atoms with van der Waals surface area (Å²) in [6.07, 6.45) is 5.56. The van der Waals surface area contributed by atoms with Crippen molar-refractivity contribution in [2.45, 2.75) is 40.2 Å². The van der Waals surface area contributed by atoms with Crippen molar-refractivity contribution in [1.29, 1.82) is 0 Å². The Morgan fingerprint density at radius 3 is 2.29 bits per heavy atom. The van der Waals surface area contributed by atoms with Crippen LogP contribution >= 0.6 is 0 Å². The number of nitrogens with one attached hydrogen (secondary N) is 1. The van der Waals surface area contributed by atoms with Crippen LogP contribution in [0.1, 0.15) is 38.8 Å². The van der Waals surface area contributed by atoms with Gasteiger partial charge >= 0.3 is 0 Å². The Morgan fingerprint density at radius 2 is 1.76 bits per heavy atom. The van der Waals surface area contributed by atoms with Crippen LogP contribution in [0.3, 0.4) is 0 Å². The molecule has 1 atom stereocenters. The molecule has 0 spiro atoms. The Labute approximate surface area is 106 Å². The first-order chi connectivity index (χ1) is 8.11. The Balaban J connectivity index is 2.56. The third-order valence-corrected chi connectivity index (χ3v) is 2.73. The molecule has 1 heteroatoms. The van der Waals surface area contributed by atoms with Crippen molar-refractivity contribution in [3.63, 3.8) is 0 Å². The average Bonchev–Trinajstić information content (AvgIpc) is 2.28. The molecule has 0 bridgehead atoms. The van der Waals surface area contributed by atoms with Crippen molar-refractivity contribution < 1.29 is 0 Å². The lowest BCUT2D eigenvalue weighted by atomic mass is 10.0. The van der Waals surface area contributed by atoms with Crippen molar-refractivity contribution in [3.05, 3.63) is 41.5 Å². The highest BCUT2D eigenvalue weighted by Gasteiger charge is 1.97. The van der Waals surface area contributed by atoms with Gasteiger partial charge in [-0.2, -0.15) is 0 Å². The standard InChI is InChI=1S/C16H25N/c1-5-17-14(4)6-7-15-8-10-16(11-9-15)12-13(2)3/h6-11,13-14,17H,5,12H2,1-4H3/b7-6+. The van der Waals surface area contributed by atoms with Gasteiger partial charge in [0.05, 0.1) is 0 Å². The Morgan fingerprint density at radius 1 is 1.12 bits per heavy atom. The van der Waals surface area contributed by atoms with E-state index in [1.807, 2.05) is 0 Å². The zero-order valence-electron chi connectivity index (χ0n) is 11.5. The second-order valence-corrected chi connectivity index (χ2v) is 5.05. The van der Waals surface area contributed by atoms with Gasteiger partial charge in [0.2, 0.25) is 0 Å². The van der Waals surface area contributed by atoms with Gasteiger partial charge in [-0.3, -0.25) is 0 Å². The summed E-state index contributed by atoms with van der Waals surface area (Å²) in [6.45, 7) is 9.83. The topological polar surface area (TPSA) is 12.0 Å². The molecule has 1 N–H and O–H groups in total. The highest BCUT2D eigenvalue weighted by atomic mass is 14.9. The van der Waals surface area contributed by atoms with Crippen molar-refractivity contribution in [2.75, 3.05) is 6.54 Å². The maximum atomic E-state index is 3.37. The number of hydrogen-bond donors (Lipinski definition) is 1. The minimum atomic E-state index is 0.440. The largest absolute Gasteiger partial charge is 0.311 e. The Hall–Kier alpha value is -1.08. The van der Waals surface area contributed by atoms with Crippen molar-refractivity contribution in [2.24, 2.45) is 5.92 Å². The number of likely N-dealkylation sites (N-methyl/N-ethyl adjacent to an activating group) is 1. The van der Waals surface area contributed by atoms with Crippen molar-refractivity contribution >= 4 is 6.08 Å². The van der Waals surface area contributed by atoms with Gasteiger partial charge in [0, 0.05) is 6.04 Å². The molecule has 0 saturated carbocycles. The molecule has 0 radical (unpaired) electrons. The van der Waals surface area contributed by atoms with Gasteiger partial charge in [-0.15, -0.1) is 0 Å². The molecule has 0 saturated heterocycles. The predicted molar refractivity (Wildman–Crippen MR) is 77.2 cm³/mol. The lowest BCUT2D eigenvalue weighted by Gasteiger charge is -2.07. The molecule has 0 aliphatic carbocycles. The third-order valence-electron chi connectivity index (χ3n) is 2.73. The number of hydrogen-bond acceptors (Lipinski definition) is 1. The lowest BCUT2D eigenvalue weighted by molar-refractivity contribution is 0.647. The van der Waals surface area contributed by atoms with Crippen LogP contribution in [-0.4, -0.2) is 12.6 Å². The van der Waals surface area contributed by atoms with Crippen LogP contribution in [0.15, 0.2) is 30.3 Å². The van der Waals surface area contributed by atoms with E-state index >= 15 is 0 Å². The van der Waals surface area contributed by atoms with Gasteiger partial charge in [0.1, 0.15) is 0 Å². The molecule has 1 unspecified atom stereocenters. The molecule has 0 heterocycles. The third kappa shape index (κ3) is 5.69. The van der Waals surface area contributed by atoms with Crippen LogP contribution in [0.5, 0.6) is 0 Å². The van der Waals surface area contributed by atoms with E-state index < -0.39 is 0 Å². The minimum absolute atomic E-state index is 0.440. The zero-order chi connectivity index (χ0) is 12.7. The van der Waals surface area contributed by atoms with Gasteiger partial charge in [0.15, 0.2) is 0 Å². The molecule has 17 heavy (non-hydrogen) atoms. The minimum Gasteiger partial charge on any atom is -0.311 e. The summed E-state index contributed by atoms with van der Waals surface area (Å²) in [7, 11) is 0. The predicted octanol–water partition coefficient (Wildman–Crippen LogP) is 3.90. The van der Waals surface area contributed by atoms with Crippen LogP contribution in [0.2, 0.25) is 0 Å². The van der Waals surface area contributed by atoms with E-state index in [2.05, 4.69) is 69.4 Å². The SMILES string of the molecule is CCNC(C)/C=C/c1ccc(CC(C)C)cc1. The number of rotatable bonds is 6. The van der Waals surface area contributed by atoms with Crippen LogP contribution in [0.4, 0.5) is 0 Å². The van der Waals surface area contributed by atoms with E-state index in [-0.39, 0.29) is 0 Å². The molecular formula is C16H25N. The van der Waals surface area contributed by atoms with Crippen LogP contribution in [0.25, 0.3) is 6.08 Å². The van der Waals surface area contributed by atoms with Crippen LogP contribution in [-0.2, 0) is 6.42 Å². The number of benzene rings is 1. The van der Waals surface area contributed by atoms with Gasteiger partial charge in [-0.1, -0.05) is 57.2 Å².